The van der Waals surface area contributed by atoms with E-state index < -0.39 is 0 Å². The molecular formula is C7H19NO2. The number of hydrogen-bond acceptors (Lipinski definition) is 2. The van der Waals surface area contributed by atoms with Crippen molar-refractivity contribution >= 4 is 0 Å². The van der Waals surface area contributed by atoms with Crippen LogP contribution in [0.5, 0.6) is 0 Å². The molecule has 2 atom stereocenters. The Hall–Kier alpha value is -0.120. The molecule has 2 unspecified atom stereocenters. The fraction of sp³-hybridized carbons (Fsp3) is 1.00. The number of hydrogen-bond donors (Lipinski definition) is 2. The molecule has 0 aliphatic rings. The highest BCUT2D eigenvalue weighted by Crippen LogP contribution is 2.15. The molecule has 0 aliphatic heterocycles. The van der Waals surface area contributed by atoms with E-state index in [9.17, 15) is 0 Å². The van der Waals surface area contributed by atoms with Crippen molar-refractivity contribution in [1.82, 2.24) is 0 Å². The lowest BCUT2D eigenvalue weighted by atomic mass is 9.86. The summed E-state index contributed by atoms with van der Waals surface area (Å²) in [5.74, 6) is 0.150. The zero-order chi connectivity index (χ0) is 7.65. The molecule has 0 saturated carbocycles. The first-order valence-corrected chi connectivity index (χ1v) is 3.32. The first-order chi connectivity index (χ1) is 3.85. The highest BCUT2D eigenvalue weighted by atomic mass is 16.3. The van der Waals surface area contributed by atoms with Gasteiger partial charge >= 0.3 is 0 Å². The van der Waals surface area contributed by atoms with E-state index in [2.05, 4.69) is 0 Å². The zero-order valence-electron chi connectivity index (χ0n) is 7.18. The van der Waals surface area contributed by atoms with Crippen molar-refractivity contribution in [1.29, 1.82) is 0 Å². The van der Waals surface area contributed by atoms with Crippen LogP contribution in [0.3, 0.4) is 0 Å². The highest BCUT2D eigenvalue weighted by molar-refractivity contribution is 4.81. The van der Waals surface area contributed by atoms with Crippen molar-refractivity contribution < 1.29 is 10.6 Å². The Kier molecular flexibility index (Phi) is 4.90. The topological polar surface area (TPSA) is 77.8 Å². The molecule has 5 N–H and O–H groups in total. The molecule has 0 heterocycles. The van der Waals surface area contributed by atoms with Gasteiger partial charge in [-0.1, -0.05) is 6.92 Å². The van der Waals surface area contributed by atoms with E-state index in [0.717, 1.165) is 0 Å². The van der Waals surface area contributed by atoms with Gasteiger partial charge in [-0.15, -0.1) is 0 Å². The molecule has 0 aromatic carbocycles. The smallest absolute Gasteiger partial charge is 0.0554 e. The number of nitrogens with two attached hydrogens (primary N) is 1. The van der Waals surface area contributed by atoms with Crippen molar-refractivity contribution in [3.63, 3.8) is 0 Å². The van der Waals surface area contributed by atoms with Crippen LogP contribution in [0.1, 0.15) is 27.7 Å². The highest BCUT2D eigenvalue weighted by Gasteiger charge is 2.23. The Balaban J connectivity index is 0. The quantitative estimate of drug-likeness (QED) is 0.576. The first-order valence-electron chi connectivity index (χ1n) is 3.32. The largest absolute Gasteiger partial charge is 0.412 e. The lowest BCUT2D eigenvalue weighted by Gasteiger charge is -2.29. The lowest BCUT2D eigenvalue weighted by molar-refractivity contribution is 0.0963. The number of aliphatic hydroxyl groups is 1. The Morgan fingerprint density at radius 3 is 1.60 bits per heavy atom. The van der Waals surface area contributed by atoms with Crippen LogP contribution < -0.4 is 5.73 Å². The van der Waals surface area contributed by atoms with Gasteiger partial charge in [0.25, 0.3) is 0 Å². The molecule has 0 saturated heterocycles. The summed E-state index contributed by atoms with van der Waals surface area (Å²) in [6, 6.07) is 0. The van der Waals surface area contributed by atoms with Crippen LogP contribution >= 0.6 is 0 Å². The molecule has 3 heteroatoms. The second-order valence-corrected chi connectivity index (χ2v) is 3.35. The molecule has 0 aliphatic carbocycles. The van der Waals surface area contributed by atoms with Crippen LogP contribution in [0.15, 0.2) is 0 Å². The Bertz CT molecular complexity index is 86.1. The molecule has 0 aromatic rings. The van der Waals surface area contributed by atoms with Crippen molar-refractivity contribution in [3.8, 4) is 0 Å². The lowest BCUT2D eigenvalue weighted by Crippen LogP contribution is -2.44. The maximum absolute atomic E-state index is 9.08. The first kappa shape index (κ1) is 12.5. The monoisotopic (exact) mass is 149 g/mol. The molecule has 3 nitrogen and oxygen atoms in total. The number of rotatable bonds is 2. The maximum Gasteiger partial charge on any atom is 0.0554 e. The Labute approximate surface area is 62.5 Å². The minimum atomic E-state index is -0.315. The van der Waals surface area contributed by atoms with E-state index in [0.29, 0.717) is 0 Å². The number of aliphatic hydroxyl groups excluding tert-OH is 1. The second kappa shape index (κ2) is 3.91. The zero-order valence-corrected chi connectivity index (χ0v) is 7.18. The summed E-state index contributed by atoms with van der Waals surface area (Å²) < 4.78 is 0. The predicted octanol–water partition coefficient (Wildman–Crippen LogP) is -0.0841. The van der Waals surface area contributed by atoms with Crippen molar-refractivity contribution in [2.45, 2.75) is 39.3 Å². The van der Waals surface area contributed by atoms with E-state index in [1.807, 2.05) is 20.8 Å². The second-order valence-electron chi connectivity index (χ2n) is 3.35. The van der Waals surface area contributed by atoms with Crippen LogP contribution in [-0.4, -0.2) is 22.2 Å². The molecule has 64 valence electrons. The van der Waals surface area contributed by atoms with Gasteiger partial charge in [-0.25, -0.2) is 0 Å². The van der Waals surface area contributed by atoms with Crippen LogP contribution in [-0.2, 0) is 0 Å². The van der Waals surface area contributed by atoms with Gasteiger partial charge in [-0.3, -0.25) is 0 Å². The van der Waals surface area contributed by atoms with Gasteiger partial charge in [0.15, 0.2) is 0 Å². The van der Waals surface area contributed by atoms with Gasteiger partial charge in [0, 0.05) is 5.54 Å². The van der Waals surface area contributed by atoms with E-state index >= 15 is 0 Å². The molecular weight excluding hydrogens is 130 g/mol. The normalized spacial score (nSPS) is 17.4. The fourth-order valence-corrected chi connectivity index (χ4v) is 0.622. The average Bonchev–Trinajstić information content (AvgIpc) is 1.62. The molecule has 0 bridgehead atoms. The molecule has 0 fully saturated rings. The van der Waals surface area contributed by atoms with Gasteiger partial charge in [0.05, 0.1) is 6.10 Å². The minimum Gasteiger partial charge on any atom is -0.412 e. The fourth-order valence-electron chi connectivity index (χ4n) is 0.622. The van der Waals surface area contributed by atoms with Crippen LogP contribution in [0.4, 0.5) is 0 Å². The van der Waals surface area contributed by atoms with Crippen LogP contribution in [0.2, 0.25) is 0 Å². The van der Waals surface area contributed by atoms with E-state index in [1.54, 1.807) is 6.92 Å². The van der Waals surface area contributed by atoms with Gasteiger partial charge in [-0.05, 0) is 26.7 Å². The van der Waals surface area contributed by atoms with E-state index in [-0.39, 0.29) is 23.0 Å². The molecule has 0 spiro atoms. The summed E-state index contributed by atoms with van der Waals surface area (Å²) in [6.45, 7) is 7.55. The van der Waals surface area contributed by atoms with Crippen molar-refractivity contribution in [3.05, 3.63) is 0 Å². The summed E-state index contributed by atoms with van der Waals surface area (Å²) >= 11 is 0. The molecule has 0 radical (unpaired) electrons. The molecule has 0 aromatic heterocycles. The van der Waals surface area contributed by atoms with Gasteiger partial charge in [0.1, 0.15) is 0 Å². The van der Waals surface area contributed by atoms with E-state index in [1.165, 1.54) is 0 Å². The third-order valence-electron chi connectivity index (χ3n) is 1.90. The third-order valence-corrected chi connectivity index (χ3v) is 1.90. The van der Waals surface area contributed by atoms with E-state index in [4.69, 9.17) is 10.8 Å². The van der Waals surface area contributed by atoms with Gasteiger partial charge < -0.3 is 16.3 Å². The standard InChI is InChI=1S/C7H17NO.H2O/c1-5(6(2)9)7(3,4)8;/h5-6,9H,8H2,1-4H3;1H2. The van der Waals surface area contributed by atoms with Crippen LogP contribution in [0.25, 0.3) is 0 Å². The maximum atomic E-state index is 9.08. The van der Waals surface area contributed by atoms with Crippen molar-refractivity contribution in [2.75, 3.05) is 0 Å². The summed E-state index contributed by atoms with van der Waals surface area (Å²) in [5, 5.41) is 9.08. The summed E-state index contributed by atoms with van der Waals surface area (Å²) in [7, 11) is 0. The SMILES string of the molecule is CC(O)C(C)C(C)(C)N.O. The Morgan fingerprint density at radius 1 is 1.30 bits per heavy atom. The molecule has 10 heavy (non-hydrogen) atoms. The van der Waals surface area contributed by atoms with Gasteiger partial charge in [0.2, 0.25) is 0 Å². The summed E-state index contributed by atoms with van der Waals surface area (Å²) in [4.78, 5) is 0. The molecule has 0 rings (SSSR count). The minimum absolute atomic E-state index is 0. The van der Waals surface area contributed by atoms with Crippen molar-refractivity contribution in [2.24, 2.45) is 11.7 Å². The average molecular weight is 149 g/mol. The predicted molar refractivity (Wildman–Crippen MR) is 42.7 cm³/mol. The third kappa shape index (κ3) is 3.82. The Morgan fingerprint density at radius 2 is 1.60 bits per heavy atom. The summed E-state index contributed by atoms with van der Waals surface area (Å²) in [6.07, 6.45) is -0.315. The molecule has 0 amide bonds. The summed E-state index contributed by atoms with van der Waals surface area (Å²) in [5.41, 5.74) is 5.45. The van der Waals surface area contributed by atoms with Crippen LogP contribution in [0, 0.1) is 5.92 Å². The van der Waals surface area contributed by atoms with Gasteiger partial charge in [-0.2, -0.15) is 0 Å².